The Labute approximate surface area is 163 Å². The summed E-state index contributed by atoms with van der Waals surface area (Å²) in [6.07, 6.45) is 0.357. The molecule has 0 aliphatic rings. The normalized spacial score (nSPS) is 12.1. The summed E-state index contributed by atoms with van der Waals surface area (Å²) in [5.74, 6) is 0.608. The lowest BCUT2D eigenvalue weighted by Crippen LogP contribution is -2.44. The van der Waals surface area contributed by atoms with Crippen molar-refractivity contribution >= 4 is 57.5 Å². The van der Waals surface area contributed by atoms with Crippen LogP contribution in [0.25, 0.3) is 0 Å². The van der Waals surface area contributed by atoms with Gasteiger partial charge in [-0.25, -0.2) is 0 Å². The second-order valence-electron chi connectivity index (χ2n) is 4.80. The number of halogens is 2. The summed E-state index contributed by atoms with van der Waals surface area (Å²) in [7, 11) is 3.34. The molecular weight excluding hydrogens is 475 g/mol. The number of methoxy groups -OCH3 is 1. The standard InChI is InChI=1S/C15H23BrN4O2.HI/c1-11(10-22-3)19-15(17-2)18-9-8-14(21)20-13-6-4-12(16)5-7-13;/h4-7,11H,8-10H2,1-3H3,(H,20,21)(H2,17,18,19);1H. The lowest BCUT2D eigenvalue weighted by molar-refractivity contribution is -0.116. The molecule has 1 amide bonds. The quantitative estimate of drug-likeness (QED) is 0.307. The number of ether oxygens (including phenoxy) is 1. The Kier molecular flexibility index (Phi) is 12.1. The molecule has 1 unspecified atom stereocenters. The van der Waals surface area contributed by atoms with Crippen molar-refractivity contribution in [2.75, 3.05) is 32.6 Å². The molecule has 0 radical (unpaired) electrons. The first-order chi connectivity index (χ1) is 10.5. The highest BCUT2D eigenvalue weighted by Gasteiger charge is 2.06. The first-order valence-corrected chi connectivity index (χ1v) is 7.86. The Morgan fingerprint density at radius 3 is 2.57 bits per heavy atom. The second-order valence-corrected chi connectivity index (χ2v) is 5.72. The minimum atomic E-state index is -0.0461. The number of aliphatic imine (C=N–C) groups is 1. The Bertz CT molecular complexity index is 497. The average Bonchev–Trinajstić information content (AvgIpc) is 2.49. The van der Waals surface area contributed by atoms with Crippen molar-refractivity contribution in [3.8, 4) is 0 Å². The fourth-order valence-corrected chi connectivity index (χ4v) is 2.04. The molecule has 1 atom stereocenters. The maximum atomic E-state index is 11.8. The molecule has 6 nitrogen and oxygen atoms in total. The number of benzene rings is 1. The minimum absolute atomic E-state index is 0. The van der Waals surface area contributed by atoms with E-state index in [9.17, 15) is 4.79 Å². The molecule has 0 bridgehead atoms. The third-order valence-electron chi connectivity index (χ3n) is 2.80. The first-order valence-electron chi connectivity index (χ1n) is 7.06. The van der Waals surface area contributed by atoms with Crippen LogP contribution < -0.4 is 16.0 Å². The van der Waals surface area contributed by atoms with Crippen molar-refractivity contribution < 1.29 is 9.53 Å². The molecule has 23 heavy (non-hydrogen) atoms. The van der Waals surface area contributed by atoms with E-state index in [1.165, 1.54) is 0 Å². The highest BCUT2D eigenvalue weighted by atomic mass is 127. The lowest BCUT2D eigenvalue weighted by Gasteiger charge is -2.17. The molecule has 0 aromatic heterocycles. The van der Waals surface area contributed by atoms with E-state index in [2.05, 4.69) is 36.9 Å². The van der Waals surface area contributed by atoms with E-state index in [0.29, 0.717) is 25.5 Å². The van der Waals surface area contributed by atoms with Crippen LogP contribution in [-0.2, 0) is 9.53 Å². The molecule has 8 heteroatoms. The molecule has 0 aliphatic heterocycles. The smallest absolute Gasteiger partial charge is 0.226 e. The van der Waals surface area contributed by atoms with Gasteiger partial charge in [-0.05, 0) is 31.2 Å². The Morgan fingerprint density at radius 1 is 1.35 bits per heavy atom. The monoisotopic (exact) mass is 498 g/mol. The van der Waals surface area contributed by atoms with Gasteiger partial charge in [-0.1, -0.05) is 15.9 Å². The number of guanidine groups is 1. The number of anilines is 1. The largest absolute Gasteiger partial charge is 0.383 e. The van der Waals surface area contributed by atoms with E-state index in [0.717, 1.165) is 10.2 Å². The van der Waals surface area contributed by atoms with Crippen molar-refractivity contribution in [3.63, 3.8) is 0 Å². The molecule has 0 aliphatic carbocycles. The number of amides is 1. The fraction of sp³-hybridized carbons (Fsp3) is 0.467. The van der Waals surface area contributed by atoms with Crippen LogP contribution in [0.2, 0.25) is 0 Å². The zero-order valence-corrected chi connectivity index (χ0v) is 17.5. The van der Waals surface area contributed by atoms with Gasteiger partial charge in [0.05, 0.1) is 6.61 Å². The van der Waals surface area contributed by atoms with E-state index >= 15 is 0 Å². The summed E-state index contributed by atoms with van der Waals surface area (Å²) < 4.78 is 6.03. The molecule has 0 saturated carbocycles. The lowest BCUT2D eigenvalue weighted by atomic mass is 10.3. The van der Waals surface area contributed by atoms with Crippen molar-refractivity contribution in [3.05, 3.63) is 28.7 Å². The third-order valence-corrected chi connectivity index (χ3v) is 3.32. The molecule has 0 heterocycles. The highest BCUT2D eigenvalue weighted by molar-refractivity contribution is 14.0. The van der Waals surface area contributed by atoms with E-state index in [1.807, 2.05) is 31.2 Å². The third kappa shape index (κ3) is 9.77. The summed E-state index contributed by atoms with van der Waals surface area (Å²) in [5, 5.41) is 9.12. The molecule has 0 fully saturated rings. The first kappa shape index (κ1) is 22.1. The molecule has 130 valence electrons. The maximum absolute atomic E-state index is 11.8. The van der Waals surface area contributed by atoms with E-state index in [1.54, 1.807) is 14.2 Å². The van der Waals surface area contributed by atoms with Crippen LogP contribution in [0.4, 0.5) is 5.69 Å². The van der Waals surface area contributed by atoms with Gasteiger partial charge in [0.25, 0.3) is 0 Å². The van der Waals surface area contributed by atoms with Gasteiger partial charge in [-0.3, -0.25) is 9.79 Å². The zero-order chi connectivity index (χ0) is 16.4. The van der Waals surface area contributed by atoms with Crippen LogP contribution in [0.1, 0.15) is 13.3 Å². The van der Waals surface area contributed by atoms with Crippen molar-refractivity contribution in [2.24, 2.45) is 4.99 Å². The predicted molar refractivity (Wildman–Crippen MR) is 109 cm³/mol. The van der Waals surface area contributed by atoms with Gasteiger partial charge in [0.2, 0.25) is 5.91 Å². The van der Waals surface area contributed by atoms with Gasteiger partial charge in [0.15, 0.2) is 5.96 Å². The van der Waals surface area contributed by atoms with Gasteiger partial charge in [-0.15, -0.1) is 24.0 Å². The minimum Gasteiger partial charge on any atom is -0.383 e. The summed E-state index contributed by atoms with van der Waals surface area (Å²) in [5.41, 5.74) is 0.782. The summed E-state index contributed by atoms with van der Waals surface area (Å²) in [4.78, 5) is 16.0. The predicted octanol–water partition coefficient (Wildman–Crippen LogP) is 2.60. The van der Waals surface area contributed by atoms with E-state index in [-0.39, 0.29) is 35.9 Å². The van der Waals surface area contributed by atoms with Crippen LogP contribution in [0.5, 0.6) is 0 Å². The van der Waals surface area contributed by atoms with E-state index in [4.69, 9.17) is 4.74 Å². The number of rotatable bonds is 7. The van der Waals surface area contributed by atoms with Crippen LogP contribution in [0.3, 0.4) is 0 Å². The number of carbonyl (C=O) groups is 1. The number of hydrogen-bond acceptors (Lipinski definition) is 3. The van der Waals surface area contributed by atoms with Crippen molar-refractivity contribution in [1.82, 2.24) is 10.6 Å². The summed E-state index contributed by atoms with van der Waals surface area (Å²) in [6, 6.07) is 7.62. The van der Waals surface area contributed by atoms with Gasteiger partial charge < -0.3 is 20.7 Å². The number of hydrogen-bond donors (Lipinski definition) is 3. The van der Waals surface area contributed by atoms with Crippen molar-refractivity contribution in [2.45, 2.75) is 19.4 Å². The second kappa shape index (κ2) is 12.5. The highest BCUT2D eigenvalue weighted by Crippen LogP contribution is 2.14. The number of carbonyl (C=O) groups excluding carboxylic acids is 1. The average molecular weight is 499 g/mol. The van der Waals surface area contributed by atoms with Gasteiger partial charge >= 0.3 is 0 Å². The molecule has 0 spiro atoms. The molecule has 3 N–H and O–H groups in total. The topological polar surface area (TPSA) is 74.8 Å². The summed E-state index contributed by atoms with van der Waals surface area (Å²) in [6.45, 7) is 3.09. The Balaban J connectivity index is 0.00000484. The van der Waals surface area contributed by atoms with Crippen LogP contribution in [0, 0.1) is 0 Å². The van der Waals surface area contributed by atoms with E-state index < -0.39 is 0 Å². The summed E-state index contributed by atoms with van der Waals surface area (Å²) >= 11 is 3.36. The van der Waals surface area contributed by atoms with Crippen LogP contribution >= 0.6 is 39.9 Å². The maximum Gasteiger partial charge on any atom is 0.226 e. The van der Waals surface area contributed by atoms with Crippen molar-refractivity contribution in [1.29, 1.82) is 0 Å². The SMILES string of the molecule is CN=C(NCCC(=O)Nc1ccc(Br)cc1)NC(C)COC.I. The molecule has 0 saturated heterocycles. The number of nitrogens with zero attached hydrogens (tertiary/aromatic N) is 1. The molecule has 1 rings (SSSR count). The van der Waals surface area contributed by atoms with Crippen LogP contribution in [-0.4, -0.2) is 45.2 Å². The Hall–Kier alpha value is -0.870. The van der Waals surface area contributed by atoms with Gasteiger partial charge in [0.1, 0.15) is 0 Å². The molecule has 1 aromatic carbocycles. The molecular formula is C15H24BrIN4O2. The fourth-order valence-electron chi connectivity index (χ4n) is 1.77. The molecule has 1 aromatic rings. The Morgan fingerprint density at radius 2 is 2.00 bits per heavy atom. The van der Waals surface area contributed by atoms with Gasteiger partial charge in [-0.2, -0.15) is 0 Å². The zero-order valence-electron chi connectivity index (χ0n) is 13.6. The number of nitrogens with one attached hydrogen (secondary N) is 3. The van der Waals surface area contributed by atoms with Crippen LogP contribution in [0.15, 0.2) is 33.7 Å². The van der Waals surface area contributed by atoms with Gasteiger partial charge in [0, 0.05) is 43.3 Å².